The first-order valence-corrected chi connectivity index (χ1v) is 10.2. The van der Waals surface area contributed by atoms with Gasteiger partial charge in [0.15, 0.2) is 11.3 Å². The van der Waals surface area contributed by atoms with E-state index in [1.165, 1.54) is 32.1 Å². The van der Waals surface area contributed by atoms with E-state index in [0.717, 1.165) is 38.5 Å². The van der Waals surface area contributed by atoms with Gasteiger partial charge in [-0.3, -0.25) is 4.79 Å². The molecule has 25 heavy (non-hydrogen) atoms. The zero-order valence-electron chi connectivity index (χ0n) is 16.4. The Bertz CT molecular complexity index is 374. The van der Waals surface area contributed by atoms with Gasteiger partial charge in [0.05, 0.1) is 6.04 Å². The number of hydrogen-bond donors (Lipinski definition) is 3. The molecule has 148 valence electrons. The van der Waals surface area contributed by atoms with E-state index >= 15 is 0 Å². The number of carbonyl (C=O) groups is 2. The average molecular weight is 357 g/mol. The summed E-state index contributed by atoms with van der Waals surface area (Å²) in [6.07, 6.45) is 13.5. The van der Waals surface area contributed by atoms with Crippen LogP contribution in [-0.2, 0) is 9.59 Å². The lowest BCUT2D eigenvalue weighted by atomic mass is 9.84. The second kappa shape index (κ2) is 14.3. The Morgan fingerprint density at radius 2 is 1.28 bits per heavy atom. The van der Waals surface area contributed by atoms with Gasteiger partial charge in [-0.2, -0.15) is 0 Å². The van der Waals surface area contributed by atoms with Gasteiger partial charge >= 0.3 is 5.97 Å². The molecule has 0 radical (unpaired) electrons. The first-order chi connectivity index (χ1) is 11.9. The molecule has 0 aliphatic rings. The van der Waals surface area contributed by atoms with E-state index in [4.69, 9.17) is 11.5 Å². The van der Waals surface area contributed by atoms with Gasteiger partial charge in [0.25, 0.3) is 0 Å². The quantitative estimate of drug-likeness (QED) is 0.268. The van der Waals surface area contributed by atoms with E-state index < -0.39 is 23.3 Å². The molecule has 5 N–H and O–H groups in total. The molecule has 0 aromatic carbocycles. The third kappa shape index (κ3) is 9.95. The lowest BCUT2D eigenvalue weighted by Crippen LogP contribution is -2.60. The number of carbonyl (C=O) groups excluding carboxylic acids is 1. The van der Waals surface area contributed by atoms with Crippen molar-refractivity contribution in [3.8, 4) is 0 Å². The second-order valence-electron chi connectivity index (χ2n) is 7.32. The van der Waals surface area contributed by atoms with Gasteiger partial charge < -0.3 is 16.6 Å². The molecule has 0 heterocycles. The van der Waals surface area contributed by atoms with Crippen LogP contribution in [0.5, 0.6) is 0 Å². The summed E-state index contributed by atoms with van der Waals surface area (Å²) in [5, 5.41) is 9.46. The van der Waals surface area contributed by atoms with Crippen molar-refractivity contribution in [3.63, 3.8) is 0 Å². The fraction of sp³-hybridized carbons (Fsp3) is 0.900. The summed E-state index contributed by atoms with van der Waals surface area (Å²) >= 11 is 0. The van der Waals surface area contributed by atoms with Crippen LogP contribution in [0.25, 0.3) is 0 Å². The van der Waals surface area contributed by atoms with Crippen molar-refractivity contribution in [1.29, 1.82) is 0 Å². The zero-order valence-corrected chi connectivity index (χ0v) is 16.4. The highest BCUT2D eigenvalue weighted by atomic mass is 16.4. The van der Waals surface area contributed by atoms with E-state index in [-0.39, 0.29) is 6.42 Å². The molecule has 0 spiro atoms. The summed E-state index contributed by atoms with van der Waals surface area (Å²) < 4.78 is 0. The predicted molar refractivity (Wildman–Crippen MR) is 104 cm³/mol. The van der Waals surface area contributed by atoms with Crippen molar-refractivity contribution in [2.24, 2.45) is 11.5 Å². The third-order valence-corrected chi connectivity index (χ3v) is 4.95. The zero-order chi connectivity index (χ0) is 19.1. The molecule has 0 saturated heterocycles. The van der Waals surface area contributed by atoms with Crippen LogP contribution in [0.1, 0.15) is 104 Å². The lowest BCUT2D eigenvalue weighted by molar-refractivity contribution is -0.149. The molecule has 0 bridgehead atoms. The van der Waals surface area contributed by atoms with Crippen LogP contribution >= 0.6 is 0 Å². The van der Waals surface area contributed by atoms with Crippen LogP contribution in [0.15, 0.2) is 0 Å². The Labute approximate surface area is 153 Å². The van der Waals surface area contributed by atoms with Gasteiger partial charge in [-0.05, 0) is 12.8 Å². The number of unbranched alkanes of at least 4 members (excludes halogenated alkanes) is 10. The Morgan fingerprint density at radius 3 is 1.76 bits per heavy atom. The van der Waals surface area contributed by atoms with Crippen LogP contribution < -0.4 is 11.5 Å². The summed E-state index contributed by atoms with van der Waals surface area (Å²) in [6, 6.07) is -0.771. The van der Waals surface area contributed by atoms with Crippen molar-refractivity contribution >= 4 is 11.8 Å². The van der Waals surface area contributed by atoms with Gasteiger partial charge in [-0.1, -0.05) is 90.9 Å². The number of rotatable bonds is 17. The summed E-state index contributed by atoms with van der Waals surface area (Å²) in [7, 11) is 0. The molecular formula is C20H40N2O3. The molecular weight excluding hydrogens is 316 g/mol. The van der Waals surface area contributed by atoms with E-state index in [2.05, 4.69) is 13.8 Å². The molecule has 0 aromatic heterocycles. The summed E-state index contributed by atoms with van der Waals surface area (Å²) in [4.78, 5) is 24.1. The highest BCUT2D eigenvalue weighted by Gasteiger charge is 2.43. The smallest absolute Gasteiger partial charge is 0.331 e. The standard InChI is InChI=1S/C20H40N2O3/c1-3-5-7-9-11-13-15-17(21)18(23)20(22,19(24)25)16-14-12-10-8-6-4-2/h17H,3-16,21-22H2,1-2H3,(H,24,25). The number of ketones is 1. The van der Waals surface area contributed by atoms with Crippen LogP contribution in [-0.4, -0.2) is 28.4 Å². The number of nitrogens with two attached hydrogens (primary N) is 2. The van der Waals surface area contributed by atoms with E-state index in [1.807, 2.05) is 0 Å². The van der Waals surface area contributed by atoms with Gasteiger partial charge in [-0.15, -0.1) is 0 Å². The van der Waals surface area contributed by atoms with Crippen molar-refractivity contribution in [1.82, 2.24) is 0 Å². The Morgan fingerprint density at radius 1 is 0.840 bits per heavy atom. The molecule has 0 fully saturated rings. The molecule has 5 nitrogen and oxygen atoms in total. The Balaban J connectivity index is 4.28. The minimum Gasteiger partial charge on any atom is -0.480 e. The third-order valence-electron chi connectivity index (χ3n) is 4.95. The lowest BCUT2D eigenvalue weighted by Gasteiger charge is -2.26. The molecule has 2 unspecified atom stereocenters. The maximum atomic E-state index is 12.5. The first-order valence-electron chi connectivity index (χ1n) is 10.2. The largest absolute Gasteiger partial charge is 0.480 e. The molecule has 0 aliphatic carbocycles. The van der Waals surface area contributed by atoms with Crippen LogP contribution in [0.3, 0.4) is 0 Å². The highest BCUT2D eigenvalue weighted by molar-refractivity contribution is 6.09. The fourth-order valence-corrected chi connectivity index (χ4v) is 3.13. The normalized spacial score (nSPS) is 14.9. The number of Topliss-reactive ketones (excluding diaryl/α,β-unsaturated/α-hetero) is 1. The summed E-state index contributed by atoms with van der Waals surface area (Å²) in [6.45, 7) is 4.32. The van der Waals surface area contributed by atoms with E-state index in [9.17, 15) is 14.7 Å². The monoisotopic (exact) mass is 356 g/mol. The summed E-state index contributed by atoms with van der Waals surface area (Å²) in [5.41, 5.74) is 10.1. The molecule has 0 rings (SSSR count). The molecule has 0 amide bonds. The van der Waals surface area contributed by atoms with E-state index in [1.54, 1.807) is 0 Å². The number of hydrogen-bond acceptors (Lipinski definition) is 4. The number of aliphatic carboxylic acids is 1. The second-order valence-corrected chi connectivity index (χ2v) is 7.32. The topological polar surface area (TPSA) is 106 Å². The first kappa shape index (κ1) is 24.1. The van der Waals surface area contributed by atoms with E-state index in [0.29, 0.717) is 12.8 Å². The van der Waals surface area contributed by atoms with Gasteiger partial charge in [0.1, 0.15) is 0 Å². The SMILES string of the molecule is CCCCCCCCC(N)C(=O)C(N)(CCCCCCCC)C(=O)O. The van der Waals surface area contributed by atoms with Crippen LogP contribution in [0.2, 0.25) is 0 Å². The predicted octanol–water partition coefficient (Wildman–Crippen LogP) is 4.17. The highest BCUT2D eigenvalue weighted by Crippen LogP contribution is 2.19. The van der Waals surface area contributed by atoms with Crippen molar-refractivity contribution in [2.75, 3.05) is 0 Å². The Kier molecular flexibility index (Phi) is 13.7. The van der Waals surface area contributed by atoms with Crippen LogP contribution in [0, 0.1) is 0 Å². The van der Waals surface area contributed by atoms with Gasteiger partial charge in [0, 0.05) is 0 Å². The molecule has 2 atom stereocenters. The summed E-state index contributed by atoms with van der Waals surface area (Å²) in [5.74, 6) is -1.76. The van der Waals surface area contributed by atoms with Crippen molar-refractivity contribution in [2.45, 2.75) is 115 Å². The minimum absolute atomic E-state index is 0.178. The molecule has 0 aromatic rings. The van der Waals surface area contributed by atoms with Gasteiger partial charge in [0.2, 0.25) is 0 Å². The fourth-order valence-electron chi connectivity index (χ4n) is 3.13. The maximum absolute atomic E-state index is 12.5. The van der Waals surface area contributed by atoms with Crippen molar-refractivity contribution in [3.05, 3.63) is 0 Å². The van der Waals surface area contributed by atoms with Gasteiger partial charge in [-0.25, -0.2) is 4.79 Å². The van der Waals surface area contributed by atoms with Crippen LogP contribution in [0.4, 0.5) is 0 Å². The molecule has 0 aliphatic heterocycles. The molecule has 0 saturated carbocycles. The number of carboxylic acid groups (broad SMARTS) is 1. The number of carboxylic acids is 1. The molecule has 5 heteroatoms. The average Bonchev–Trinajstić information content (AvgIpc) is 2.59. The van der Waals surface area contributed by atoms with Crippen molar-refractivity contribution < 1.29 is 14.7 Å². The maximum Gasteiger partial charge on any atom is 0.331 e. The Hall–Kier alpha value is -0.940. The minimum atomic E-state index is -1.83.